The Bertz CT molecular complexity index is 125. The van der Waals surface area contributed by atoms with E-state index in [1.165, 1.54) is 0 Å². The Morgan fingerprint density at radius 2 is 0.429 bits per heavy atom. The zero-order valence-electron chi connectivity index (χ0n) is 9.83. The Labute approximate surface area is 249 Å². The van der Waals surface area contributed by atoms with Crippen molar-refractivity contribution in [2.75, 3.05) is 0 Å². The molecule has 0 aliphatic rings. The Balaban J connectivity index is -0.0000000114. The van der Waals surface area contributed by atoms with E-state index >= 15 is 0 Å². The second-order valence-electron chi connectivity index (χ2n) is 0.577. The molecule has 0 saturated heterocycles. The summed E-state index contributed by atoms with van der Waals surface area (Å²) >= 11 is -10.5. The second kappa shape index (κ2) is 123. The summed E-state index contributed by atoms with van der Waals surface area (Å²) in [6.07, 6.45) is 0. The van der Waals surface area contributed by atoms with Gasteiger partial charge in [0.2, 0.25) is 0 Å². The molecule has 0 unspecified atom stereocenters. The third-order valence-corrected chi connectivity index (χ3v) is 0. The Hall–Kier alpha value is 4.47. The summed E-state index contributed by atoms with van der Waals surface area (Å²) < 4.78 is 101. The standard InChI is InChI=1S/6Al.Ba.Eu.Mn.12O/q;;;;;;+2;+3;+1;;;;;;;6*-1. The predicted molar refractivity (Wildman–Crippen MR) is 44.4 cm³/mol. The maximum atomic E-state index is 8.46. The number of hydrogen-bond donors (Lipinski definition) is 0. The molecule has 0 aromatic heterocycles. The molecule has 0 saturated carbocycles. The summed E-state index contributed by atoms with van der Waals surface area (Å²) in [5, 5.41) is 0. The van der Waals surface area contributed by atoms with Crippen LogP contribution in [-0.2, 0) is 39.9 Å². The van der Waals surface area contributed by atoms with Gasteiger partial charge in [0.25, 0.3) is 0 Å². The van der Waals surface area contributed by atoms with Gasteiger partial charge in [-0.05, 0) is 0 Å². The van der Waals surface area contributed by atoms with E-state index in [1.54, 1.807) is 0 Å². The topological polar surface area (TPSA) is 241 Å². The van der Waals surface area contributed by atoms with E-state index in [2.05, 4.69) is 0 Å². The first-order chi connectivity index (χ1) is 8.49. The van der Waals surface area contributed by atoms with Crippen LogP contribution in [0.5, 0.6) is 0 Å². The fourth-order valence-corrected chi connectivity index (χ4v) is 0. The molecule has 12 nitrogen and oxygen atoms in total. The van der Waals surface area contributed by atoms with Crippen LogP contribution in [0.25, 0.3) is 0 Å². The average molecular weight is 698 g/mol. The van der Waals surface area contributed by atoms with Crippen molar-refractivity contribution in [2.24, 2.45) is 0 Å². The van der Waals surface area contributed by atoms with E-state index in [4.69, 9.17) is 47.8 Å². The molecule has 21 heavy (non-hydrogen) atoms. The van der Waals surface area contributed by atoms with Crippen molar-refractivity contribution in [1.82, 2.24) is 0 Å². The molecule has 0 radical (unpaired) electrons. The predicted octanol–water partition coefficient (Wildman–Crippen LogP) is -10.5. The van der Waals surface area contributed by atoms with Crippen molar-refractivity contribution in [2.45, 2.75) is 0 Å². The second-order valence-corrected chi connectivity index (χ2v) is 1.73. The van der Waals surface area contributed by atoms with Gasteiger partial charge < -0.3 is 0 Å². The van der Waals surface area contributed by atoms with Gasteiger partial charge in [0, 0.05) is 0 Å². The first-order valence-corrected chi connectivity index (χ1v) is 8.49. The van der Waals surface area contributed by atoms with E-state index in [-0.39, 0.29) is 115 Å². The Morgan fingerprint density at radius 1 is 0.429 bits per heavy atom. The van der Waals surface area contributed by atoms with Crippen LogP contribution in [0.2, 0.25) is 0 Å². The van der Waals surface area contributed by atoms with Crippen LogP contribution in [0.15, 0.2) is 0 Å². The summed E-state index contributed by atoms with van der Waals surface area (Å²) in [4.78, 5) is 0. The molecule has 0 fully saturated rings. The Kier molecular flexibility index (Phi) is 329. The molecule has 0 aliphatic heterocycles. The normalized spacial score (nSPS) is 2.29. The molecule has 0 amide bonds. The molecule has 0 rings (SSSR count). The fourth-order valence-electron chi connectivity index (χ4n) is 0. The summed E-state index contributed by atoms with van der Waals surface area (Å²) in [5.74, 6) is 0. The van der Waals surface area contributed by atoms with E-state index in [0.717, 1.165) is 0 Å². The van der Waals surface area contributed by atoms with Gasteiger partial charge in [-0.1, -0.05) is 0 Å². The van der Waals surface area contributed by atoms with Crippen LogP contribution >= 0.6 is 0 Å². The molecule has 106 valence electrons. The molecule has 0 heterocycles. The van der Waals surface area contributed by atoms with Crippen LogP contribution in [0.3, 0.4) is 0 Å². The van der Waals surface area contributed by atoms with Gasteiger partial charge in [0.15, 0.2) is 0 Å². The molecule has 0 N–H and O–H groups in total. The van der Waals surface area contributed by atoms with E-state index in [9.17, 15) is 0 Å². The first-order valence-electron chi connectivity index (χ1n) is 2.83. The van der Waals surface area contributed by atoms with Crippen molar-refractivity contribution >= 4 is 142 Å². The van der Waals surface area contributed by atoms with Gasteiger partial charge in [-0.15, -0.1) is 0 Å². The van der Waals surface area contributed by atoms with Crippen LogP contribution in [0.4, 0.5) is 0 Å². The zero-order chi connectivity index (χ0) is 16.2. The van der Waals surface area contributed by atoms with Gasteiger partial charge in [-0.2, -0.15) is 0 Å². The molecular weight excluding hydrogens is 698 g/mol. The molecule has 0 aromatic rings. The fraction of sp³-hybridized carbons (Fsp3) is 0. The summed E-state index contributed by atoms with van der Waals surface area (Å²) in [7, 11) is 0. The van der Waals surface area contributed by atoms with Crippen molar-refractivity contribution in [3.05, 3.63) is 0 Å². The summed E-state index contributed by atoms with van der Waals surface area (Å²) in [6, 6.07) is 0. The minimum atomic E-state index is -1.75. The molecule has 0 atom stereocenters. The first kappa shape index (κ1) is 56.2. The maximum absolute atomic E-state index is 8.46. The molecule has 21 heteroatoms. The van der Waals surface area contributed by atoms with Crippen LogP contribution in [0, 0.1) is 49.4 Å². The van der Waals surface area contributed by atoms with Crippen molar-refractivity contribution < 1.29 is 114 Å². The van der Waals surface area contributed by atoms with E-state index < -0.39 is 92.9 Å². The summed E-state index contributed by atoms with van der Waals surface area (Å²) in [5.41, 5.74) is 0. The van der Waals surface area contributed by atoms with E-state index in [1.807, 2.05) is 0 Å². The number of rotatable bonds is 0. The van der Waals surface area contributed by atoms with E-state index in [0.29, 0.717) is 0 Å². The van der Waals surface area contributed by atoms with Gasteiger partial charge in [0.05, 0.1) is 0 Å². The van der Waals surface area contributed by atoms with Gasteiger partial charge >= 0.3 is 256 Å². The van der Waals surface area contributed by atoms with Crippen molar-refractivity contribution in [1.29, 1.82) is 0 Å². The molecule has 0 aromatic carbocycles. The SMILES string of the molecule is [Ba+2].[Eu+3].[Mn+].[O]=[Al][O-].[O]=[Al][O-].[O]=[Al][O-].[O]=[Al][O-].[O]=[Al][O-].[O]=[Al][O-]. The Morgan fingerprint density at radius 3 is 0.429 bits per heavy atom. The minimum absolute atomic E-state index is 0. The number of hydrogen-bond acceptors (Lipinski definition) is 12. The molecule has 0 spiro atoms. The average Bonchev–Trinajstić information content (AvgIpc) is 2.23. The monoisotopic (exact) mass is 700 g/mol. The van der Waals surface area contributed by atoms with Crippen LogP contribution in [-0.4, -0.2) is 142 Å². The van der Waals surface area contributed by atoms with Crippen molar-refractivity contribution in [3.63, 3.8) is 0 Å². The van der Waals surface area contributed by atoms with Crippen LogP contribution in [0.1, 0.15) is 0 Å². The third-order valence-electron chi connectivity index (χ3n) is 0. The van der Waals surface area contributed by atoms with Gasteiger partial charge in [-0.25, -0.2) is 0 Å². The van der Waals surface area contributed by atoms with Gasteiger partial charge in [0.1, 0.15) is 0 Å². The van der Waals surface area contributed by atoms with Gasteiger partial charge in [-0.3, -0.25) is 0 Å². The molecular formula is Al6BaEuMnO12. The molecule has 0 aliphatic carbocycles. The summed E-state index contributed by atoms with van der Waals surface area (Å²) in [6.45, 7) is 0. The van der Waals surface area contributed by atoms with Crippen molar-refractivity contribution in [3.8, 4) is 0 Å². The zero-order valence-corrected chi connectivity index (χ0v) is 24.8. The quantitative estimate of drug-likeness (QED) is 0.214. The van der Waals surface area contributed by atoms with Crippen LogP contribution < -0.4 is 24.9 Å². The third kappa shape index (κ3) is 618. The molecule has 0 bridgehead atoms.